The number of nitrogens with one attached hydrogen (secondary N) is 1. The number of carbonyl (C=O) groups excluding carboxylic acids is 1. The van der Waals surface area contributed by atoms with Crippen LogP contribution in [0.1, 0.15) is 54.0 Å². The molecule has 208 valence electrons. The molecule has 2 aliphatic heterocycles. The number of ether oxygens (including phenoxy) is 1. The zero-order valence-corrected chi connectivity index (χ0v) is 21.4. The van der Waals surface area contributed by atoms with Gasteiger partial charge in [0.2, 0.25) is 0 Å². The molecule has 38 heavy (non-hydrogen) atoms. The lowest BCUT2D eigenvalue weighted by Crippen LogP contribution is -2.41. The van der Waals surface area contributed by atoms with E-state index in [0.717, 1.165) is 36.9 Å². The van der Waals surface area contributed by atoms with Crippen molar-refractivity contribution < 1.29 is 35.9 Å². The number of carbonyl (C=O) groups is 1. The van der Waals surface area contributed by atoms with Crippen LogP contribution in [0.4, 0.5) is 32.0 Å². The van der Waals surface area contributed by atoms with E-state index in [9.17, 15) is 31.1 Å². The zero-order valence-electron chi connectivity index (χ0n) is 21.4. The number of hydrogen-bond acceptors (Lipinski definition) is 4. The number of rotatable bonds is 6. The van der Waals surface area contributed by atoms with Gasteiger partial charge in [0.1, 0.15) is 0 Å². The van der Waals surface area contributed by atoms with Crippen molar-refractivity contribution in [3.05, 3.63) is 64.2 Å². The molecule has 0 aromatic heterocycles. The summed E-state index contributed by atoms with van der Waals surface area (Å²) in [4.78, 5) is 13.6. The Morgan fingerprint density at radius 3 is 2.37 bits per heavy atom. The van der Waals surface area contributed by atoms with Crippen molar-refractivity contribution in [3.8, 4) is 0 Å². The summed E-state index contributed by atoms with van der Waals surface area (Å²) in [5, 5.41) is 3.63. The van der Waals surface area contributed by atoms with Gasteiger partial charge >= 0.3 is 18.3 Å². The third kappa shape index (κ3) is 6.62. The summed E-state index contributed by atoms with van der Waals surface area (Å²) >= 11 is 0. The highest BCUT2D eigenvalue weighted by Crippen LogP contribution is 2.38. The van der Waals surface area contributed by atoms with Crippen molar-refractivity contribution in [2.24, 2.45) is 11.8 Å². The van der Waals surface area contributed by atoms with Gasteiger partial charge < -0.3 is 10.1 Å². The van der Waals surface area contributed by atoms with Crippen molar-refractivity contribution in [1.82, 2.24) is 4.90 Å². The molecule has 0 spiro atoms. The average molecular weight is 543 g/mol. The molecule has 1 N–H and O–H groups in total. The second-order valence-corrected chi connectivity index (χ2v) is 10.4. The number of aryl methyl sites for hydroxylation is 1. The van der Waals surface area contributed by atoms with Crippen molar-refractivity contribution in [1.29, 1.82) is 0 Å². The summed E-state index contributed by atoms with van der Waals surface area (Å²) in [5.41, 5.74) is 0.848. The number of benzene rings is 2. The Morgan fingerprint density at radius 2 is 1.74 bits per heavy atom. The lowest BCUT2D eigenvalue weighted by molar-refractivity contribution is -0.144. The van der Waals surface area contributed by atoms with Gasteiger partial charge in [0.05, 0.1) is 24.2 Å². The molecule has 1 fully saturated rings. The lowest BCUT2D eigenvalue weighted by atomic mass is 9.83. The molecule has 0 amide bonds. The van der Waals surface area contributed by atoms with Gasteiger partial charge in [0.25, 0.3) is 0 Å². The molecule has 4 rings (SSSR count). The number of methoxy groups -OCH3 is 1. The molecule has 2 aromatic carbocycles. The molecule has 0 aliphatic carbocycles. The third-order valence-corrected chi connectivity index (χ3v) is 7.72. The third-order valence-electron chi connectivity index (χ3n) is 7.72. The second kappa shape index (κ2) is 11.2. The number of anilines is 1. The summed E-state index contributed by atoms with van der Waals surface area (Å²) in [7, 11) is 1.37. The Bertz CT molecular complexity index is 1140. The predicted molar refractivity (Wildman–Crippen MR) is 132 cm³/mol. The van der Waals surface area contributed by atoms with Crippen molar-refractivity contribution in [3.63, 3.8) is 0 Å². The fourth-order valence-electron chi connectivity index (χ4n) is 5.61. The number of fused-ring (bicyclic) bond motifs is 1. The summed E-state index contributed by atoms with van der Waals surface area (Å²) in [5.74, 6) is -0.204. The fraction of sp³-hybridized carbons (Fsp3) is 0.536. The summed E-state index contributed by atoms with van der Waals surface area (Å²) in [6.07, 6.45) is -5.53. The van der Waals surface area contributed by atoms with Gasteiger partial charge in [0, 0.05) is 18.3 Å². The monoisotopic (exact) mass is 542 g/mol. The number of nitrogens with zero attached hydrogens (tertiary/aromatic N) is 1. The van der Waals surface area contributed by atoms with Crippen LogP contribution >= 0.6 is 0 Å². The van der Waals surface area contributed by atoms with E-state index in [-0.39, 0.29) is 30.0 Å². The first-order valence-electron chi connectivity index (χ1n) is 12.8. The Labute approximate surface area is 218 Å². The minimum atomic E-state index is -4.72. The van der Waals surface area contributed by atoms with Crippen molar-refractivity contribution in [2.45, 2.75) is 64.0 Å². The largest absolute Gasteiger partial charge is 0.469 e. The summed E-state index contributed by atoms with van der Waals surface area (Å²) in [6.45, 7) is 2.68. The SMILES string of the molecule is COC(=O)C(C)Cc1ccc2c(c1)NC(C1CCN(Cc3cc(C(F)(F)F)ccc3C(F)(F)F)CC1)CC2. The van der Waals surface area contributed by atoms with Crippen LogP contribution in [-0.2, 0) is 41.3 Å². The van der Waals surface area contributed by atoms with Gasteiger partial charge in [-0.15, -0.1) is 0 Å². The zero-order chi connectivity index (χ0) is 27.7. The van der Waals surface area contributed by atoms with Crippen LogP contribution in [0, 0.1) is 11.8 Å². The van der Waals surface area contributed by atoms with Crippen LogP contribution in [0.5, 0.6) is 0 Å². The normalized spacial score (nSPS) is 19.9. The van der Waals surface area contributed by atoms with E-state index in [1.807, 2.05) is 17.9 Å². The molecule has 1 saturated heterocycles. The highest BCUT2D eigenvalue weighted by atomic mass is 19.4. The number of hydrogen-bond donors (Lipinski definition) is 1. The Morgan fingerprint density at radius 1 is 1.03 bits per heavy atom. The maximum atomic E-state index is 13.5. The maximum Gasteiger partial charge on any atom is 0.416 e. The molecule has 2 aromatic rings. The van der Waals surface area contributed by atoms with Gasteiger partial charge in [-0.1, -0.05) is 19.1 Å². The van der Waals surface area contributed by atoms with E-state index < -0.39 is 23.5 Å². The van der Waals surface area contributed by atoms with Crippen LogP contribution in [0.15, 0.2) is 36.4 Å². The first-order valence-corrected chi connectivity index (χ1v) is 12.8. The molecular weight excluding hydrogens is 510 g/mol. The van der Waals surface area contributed by atoms with E-state index in [1.165, 1.54) is 12.7 Å². The average Bonchev–Trinajstić information content (AvgIpc) is 2.87. The highest BCUT2D eigenvalue weighted by molar-refractivity contribution is 5.72. The molecular formula is C28H32F6N2O2. The van der Waals surface area contributed by atoms with E-state index in [4.69, 9.17) is 4.74 Å². The molecule has 2 heterocycles. The number of likely N-dealkylation sites (tertiary alicyclic amines) is 1. The van der Waals surface area contributed by atoms with Crippen LogP contribution in [-0.4, -0.2) is 37.1 Å². The van der Waals surface area contributed by atoms with E-state index >= 15 is 0 Å². The number of alkyl halides is 6. The van der Waals surface area contributed by atoms with Crippen LogP contribution in [0.25, 0.3) is 0 Å². The van der Waals surface area contributed by atoms with Crippen LogP contribution in [0.3, 0.4) is 0 Å². The first-order chi connectivity index (χ1) is 17.8. The van der Waals surface area contributed by atoms with Gasteiger partial charge in [-0.05, 0) is 92.1 Å². The molecule has 0 radical (unpaired) electrons. The Kier molecular flexibility index (Phi) is 8.30. The molecule has 0 saturated carbocycles. The first kappa shape index (κ1) is 28.3. The van der Waals surface area contributed by atoms with Gasteiger partial charge in [-0.2, -0.15) is 26.3 Å². The summed E-state index contributed by atoms with van der Waals surface area (Å²) in [6, 6.07) is 8.05. The quantitative estimate of drug-likeness (QED) is 0.325. The van der Waals surface area contributed by atoms with Crippen LogP contribution in [0.2, 0.25) is 0 Å². The topological polar surface area (TPSA) is 41.6 Å². The molecule has 10 heteroatoms. The standard InChI is InChI=1S/C28H32F6N2O2/c1-17(26(37)38-2)13-18-3-4-19-5-8-24(35-25(19)14-18)20-9-11-36(12-10-20)16-21-15-22(27(29,30)31)6-7-23(21)28(32,33)34/h3-4,6-7,14-15,17,20,24,35H,5,8-13,16H2,1-2H3. The minimum absolute atomic E-state index is 0.172. The van der Waals surface area contributed by atoms with Crippen molar-refractivity contribution >= 4 is 11.7 Å². The van der Waals surface area contributed by atoms with Crippen molar-refractivity contribution in [2.75, 3.05) is 25.5 Å². The molecule has 2 atom stereocenters. The maximum absolute atomic E-state index is 13.5. The number of piperidine rings is 1. The summed E-state index contributed by atoms with van der Waals surface area (Å²) < 4.78 is 84.7. The number of esters is 1. The van der Waals surface area contributed by atoms with Gasteiger partial charge in [-0.25, -0.2) is 0 Å². The predicted octanol–water partition coefficient (Wildman–Crippen LogP) is 6.71. The fourth-order valence-corrected chi connectivity index (χ4v) is 5.61. The smallest absolute Gasteiger partial charge is 0.416 e. The van der Waals surface area contributed by atoms with Gasteiger partial charge in [0.15, 0.2) is 0 Å². The molecule has 4 nitrogen and oxygen atoms in total. The molecule has 0 bridgehead atoms. The van der Waals surface area contributed by atoms with E-state index in [0.29, 0.717) is 43.6 Å². The Balaban J connectivity index is 1.39. The number of halogens is 6. The lowest BCUT2D eigenvalue weighted by Gasteiger charge is -2.39. The van der Waals surface area contributed by atoms with Crippen LogP contribution < -0.4 is 5.32 Å². The minimum Gasteiger partial charge on any atom is -0.469 e. The second-order valence-electron chi connectivity index (χ2n) is 10.4. The highest BCUT2D eigenvalue weighted by Gasteiger charge is 2.38. The Hall–Kier alpha value is -2.75. The van der Waals surface area contributed by atoms with E-state index in [1.54, 1.807) is 0 Å². The van der Waals surface area contributed by atoms with Gasteiger partial charge in [-0.3, -0.25) is 9.69 Å². The van der Waals surface area contributed by atoms with E-state index in [2.05, 4.69) is 17.4 Å². The molecule has 2 aliphatic rings. The molecule has 2 unspecified atom stereocenters.